The number of piperazine rings is 1. The van der Waals surface area contributed by atoms with Gasteiger partial charge in [-0.15, -0.1) is 0 Å². The highest BCUT2D eigenvalue weighted by molar-refractivity contribution is 5.93. The third kappa shape index (κ3) is 7.22. The molecule has 0 aliphatic carbocycles. The Bertz CT molecular complexity index is 748. The van der Waals surface area contributed by atoms with Crippen LogP contribution in [0.3, 0.4) is 0 Å². The highest BCUT2D eigenvalue weighted by Crippen LogP contribution is 2.19. The molecule has 2 fully saturated rings. The van der Waals surface area contributed by atoms with Gasteiger partial charge in [0, 0.05) is 25.4 Å². The van der Waals surface area contributed by atoms with E-state index in [9.17, 15) is 14.4 Å². The minimum Gasteiger partial charge on any atom is -0.491 e. The Morgan fingerprint density at radius 3 is 2.81 bits per heavy atom. The topological polar surface area (TPSA) is 106 Å². The predicted octanol–water partition coefficient (Wildman–Crippen LogP) is 1.33. The number of benzene rings is 1. The van der Waals surface area contributed by atoms with E-state index in [1.165, 1.54) is 0 Å². The molecule has 2 aliphatic rings. The van der Waals surface area contributed by atoms with Crippen LogP contribution in [0.15, 0.2) is 24.3 Å². The predicted molar refractivity (Wildman–Crippen MR) is 114 cm³/mol. The van der Waals surface area contributed by atoms with Crippen LogP contribution < -0.4 is 15.4 Å². The molecule has 1 aromatic rings. The Hall–Kier alpha value is -2.65. The number of esters is 1. The molecule has 0 spiro atoms. The molecular weight excluding hydrogens is 402 g/mol. The summed E-state index contributed by atoms with van der Waals surface area (Å²) < 4.78 is 16.4. The van der Waals surface area contributed by atoms with E-state index in [0.29, 0.717) is 44.2 Å². The minimum atomic E-state index is -0.711. The van der Waals surface area contributed by atoms with E-state index in [4.69, 9.17) is 14.2 Å². The summed E-state index contributed by atoms with van der Waals surface area (Å²) in [7, 11) is 0. The van der Waals surface area contributed by atoms with Gasteiger partial charge in [0.25, 0.3) is 0 Å². The highest BCUT2D eigenvalue weighted by Gasteiger charge is 2.33. The number of carbonyl (C=O) groups excluding carboxylic acids is 3. The van der Waals surface area contributed by atoms with Crippen molar-refractivity contribution in [3.05, 3.63) is 24.3 Å². The number of amides is 2. The standard InChI is InChI=1S/C22H31N3O6/c1-2-11-30-21(27)13-19-22(28)23-9-10-25(19)14-20(26)24-16-5-7-17(8-6-16)31-15-18-4-3-12-29-18/h5-8,18-19H,2-4,9-15H2,1H3,(H,23,28)(H,24,26). The van der Waals surface area contributed by atoms with Crippen molar-refractivity contribution in [2.75, 3.05) is 44.8 Å². The first-order valence-corrected chi connectivity index (χ1v) is 10.9. The molecule has 0 radical (unpaired) electrons. The molecule has 9 heteroatoms. The van der Waals surface area contributed by atoms with E-state index in [0.717, 1.165) is 19.4 Å². The summed E-state index contributed by atoms with van der Waals surface area (Å²) >= 11 is 0. The minimum absolute atomic E-state index is 0.0103. The number of hydrogen-bond donors (Lipinski definition) is 2. The van der Waals surface area contributed by atoms with Gasteiger partial charge >= 0.3 is 5.97 Å². The van der Waals surface area contributed by atoms with E-state index in [1.54, 1.807) is 29.2 Å². The molecule has 2 heterocycles. The van der Waals surface area contributed by atoms with Crippen molar-refractivity contribution in [1.82, 2.24) is 10.2 Å². The summed E-state index contributed by atoms with van der Waals surface area (Å²) in [6.45, 7) is 4.46. The highest BCUT2D eigenvalue weighted by atomic mass is 16.5. The summed E-state index contributed by atoms with van der Waals surface area (Å²) in [6.07, 6.45) is 2.87. The van der Waals surface area contributed by atoms with Gasteiger partial charge in [0.05, 0.1) is 25.7 Å². The number of nitrogens with zero attached hydrogens (tertiary/aromatic N) is 1. The molecule has 2 unspecified atom stereocenters. The zero-order valence-electron chi connectivity index (χ0n) is 17.9. The first kappa shape index (κ1) is 23.0. The molecule has 1 aromatic carbocycles. The lowest BCUT2D eigenvalue weighted by Crippen LogP contribution is -2.57. The van der Waals surface area contributed by atoms with Crippen molar-refractivity contribution in [2.24, 2.45) is 0 Å². The van der Waals surface area contributed by atoms with Gasteiger partial charge < -0.3 is 24.8 Å². The van der Waals surface area contributed by atoms with Gasteiger partial charge in [-0.25, -0.2) is 0 Å². The Morgan fingerprint density at radius 1 is 1.29 bits per heavy atom. The molecule has 2 aliphatic heterocycles. The lowest BCUT2D eigenvalue weighted by molar-refractivity contribution is -0.148. The maximum Gasteiger partial charge on any atom is 0.307 e. The number of ether oxygens (including phenoxy) is 3. The van der Waals surface area contributed by atoms with Crippen LogP contribution in [0.25, 0.3) is 0 Å². The second-order valence-electron chi connectivity index (χ2n) is 7.72. The van der Waals surface area contributed by atoms with Crippen molar-refractivity contribution >= 4 is 23.5 Å². The fraction of sp³-hybridized carbons (Fsp3) is 0.591. The summed E-state index contributed by atoms with van der Waals surface area (Å²) in [5.41, 5.74) is 0.634. The van der Waals surface area contributed by atoms with Gasteiger partial charge in [0.15, 0.2) is 0 Å². The number of nitrogens with one attached hydrogen (secondary N) is 2. The van der Waals surface area contributed by atoms with Crippen LogP contribution in [-0.2, 0) is 23.9 Å². The van der Waals surface area contributed by atoms with E-state index in [-0.39, 0.29) is 30.9 Å². The number of rotatable bonds is 10. The van der Waals surface area contributed by atoms with E-state index >= 15 is 0 Å². The van der Waals surface area contributed by atoms with Gasteiger partial charge in [-0.3, -0.25) is 19.3 Å². The fourth-order valence-corrected chi connectivity index (χ4v) is 3.59. The smallest absolute Gasteiger partial charge is 0.307 e. The second kappa shape index (κ2) is 11.7. The number of anilines is 1. The quantitative estimate of drug-likeness (QED) is 0.536. The normalized spacial score (nSPS) is 21.4. The average Bonchev–Trinajstić information content (AvgIpc) is 3.28. The first-order chi connectivity index (χ1) is 15.0. The molecule has 9 nitrogen and oxygen atoms in total. The summed E-state index contributed by atoms with van der Waals surface area (Å²) in [4.78, 5) is 38.4. The molecule has 0 aromatic heterocycles. The fourth-order valence-electron chi connectivity index (χ4n) is 3.59. The lowest BCUT2D eigenvalue weighted by Gasteiger charge is -2.33. The Labute approximate surface area is 182 Å². The molecule has 0 bridgehead atoms. The van der Waals surface area contributed by atoms with E-state index in [1.807, 2.05) is 6.92 Å². The van der Waals surface area contributed by atoms with Gasteiger partial charge in [0.2, 0.25) is 11.8 Å². The number of hydrogen-bond acceptors (Lipinski definition) is 7. The third-order valence-electron chi connectivity index (χ3n) is 5.21. The molecule has 2 saturated heterocycles. The largest absolute Gasteiger partial charge is 0.491 e. The molecule has 170 valence electrons. The summed E-state index contributed by atoms with van der Waals surface area (Å²) in [6, 6.07) is 6.42. The molecule has 2 N–H and O–H groups in total. The van der Waals surface area contributed by atoms with Crippen molar-refractivity contribution < 1.29 is 28.6 Å². The second-order valence-corrected chi connectivity index (χ2v) is 7.72. The SMILES string of the molecule is CCCOC(=O)CC1C(=O)NCCN1CC(=O)Nc1ccc(OCC2CCCO2)cc1. The summed E-state index contributed by atoms with van der Waals surface area (Å²) in [5.74, 6) is -0.241. The van der Waals surface area contributed by atoms with Crippen LogP contribution in [0, 0.1) is 0 Å². The van der Waals surface area contributed by atoms with Crippen molar-refractivity contribution in [2.45, 2.75) is 44.8 Å². The van der Waals surface area contributed by atoms with E-state index < -0.39 is 12.0 Å². The molecule has 2 atom stereocenters. The van der Waals surface area contributed by atoms with Crippen LogP contribution in [-0.4, -0.2) is 74.3 Å². The molecule has 0 saturated carbocycles. The maximum absolute atomic E-state index is 12.5. The van der Waals surface area contributed by atoms with Crippen LogP contribution >= 0.6 is 0 Å². The van der Waals surface area contributed by atoms with Crippen molar-refractivity contribution in [1.29, 1.82) is 0 Å². The molecular formula is C22H31N3O6. The molecule has 2 amide bonds. The van der Waals surface area contributed by atoms with Crippen LogP contribution in [0.2, 0.25) is 0 Å². The third-order valence-corrected chi connectivity index (χ3v) is 5.21. The summed E-state index contributed by atoms with van der Waals surface area (Å²) in [5, 5.41) is 5.57. The van der Waals surface area contributed by atoms with Gasteiger partial charge in [-0.1, -0.05) is 6.92 Å². The Morgan fingerprint density at radius 2 is 2.10 bits per heavy atom. The van der Waals surface area contributed by atoms with Crippen LogP contribution in [0.1, 0.15) is 32.6 Å². The van der Waals surface area contributed by atoms with Crippen LogP contribution in [0.4, 0.5) is 5.69 Å². The number of carbonyl (C=O) groups is 3. The van der Waals surface area contributed by atoms with Crippen molar-refractivity contribution in [3.8, 4) is 5.75 Å². The van der Waals surface area contributed by atoms with Gasteiger partial charge in [-0.2, -0.15) is 0 Å². The molecule has 31 heavy (non-hydrogen) atoms. The molecule has 3 rings (SSSR count). The van der Waals surface area contributed by atoms with Crippen molar-refractivity contribution in [3.63, 3.8) is 0 Å². The van der Waals surface area contributed by atoms with Crippen LogP contribution in [0.5, 0.6) is 5.75 Å². The van der Waals surface area contributed by atoms with Gasteiger partial charge in [-0.05, 0) is 43.5 Å². The zero-order chi connectivity index (χ0) is 22.1. The van der Waals surface area contributed by atoms with E-state index in [2.05, 4.69) is 10.6 Å². The Balaban J connectivity index is 1.48. The van der Waals surface area contributed by atoms with Gasteiger partial charge in [0.1, 0.15) is 18.4 Å². The first-order valence-electron chi connectivity index (χ1n) is 10.9. The monoisotopic (exact) mass is 433 g/mol. The maximum atomic E-state index is 12.5. The Kier molecular flexibility index (Phi) is 8.66. The zero-order valence-corrected chi connectivity index (χ0v) is 17.9. The lowest BCUT2D eigenvalue weighted by atomic mass is 10.1. The average molecular weight is 434 g/mol.